The molecule has 0 bridgehead atoms. The van der Waals surface area contributed by atoms with E-state index in [4.69, 9.17) is 0 Å². The number of hydrogen-bond acceptors (Lipinski definition) is 1. The van der Waals surface area contributed by atoms with Crippen molar-refractivity contribution in [1.82, 2.24) is 0 Å². The van der Waals surface area contributed by atoms with Crippen molar-refractivity contribution in [3.05, 3.63) is 0 Å². The predicted molar refractivity (Wildman–Crippen MR) is 87.2 cm³/mol. The molecule has 2 heteroatoms. The second kappa shape index (κ2) is 4.71. The van der Waals surface area contributed by atoms with E-state index in [0.29, 0.717) is 23.7 Å². The molecule has 4 aliphatic carbocycles. The summed E-state index contributed by atoms with van der Waals surface area (Å²) in [5, 5.41) is 10.8. The second-order valence-electron chi connectivity index (χ2n) is 9.95. The highest BCUT2D eigenvalue weighted by Crippen LogP contribution is 2.67. The Morgan fingerprint density at radius 2 is 1.73 bits per heavy atom. The van der Waals surface area contributed by atoms with Crippen molar-refractivity contribution in [2.24, 2.45) is 34.5 Å². The largest absolute Gasteiger partial charge is 0.393 e. The van der Waals surface area contributed by atoms with E-state index in [1.807, 2.05) is 6.92 Å². The maximum absolute atomic E-state index is 14.8. The Morgan fingerprint density at radius 1 is 0.955 bits per heavy atom. The van der Waals surface area contributed by atoms with E-state index in [1.165, 1.54) is 38.5 Å². The fraction of sp³-hybridized carbons (Fsp3) is 1.00. The Morgan fingerprint density at radius 3 is 2.50 bits per heavy atom. The minimum absolute atomic E-state index is 0.109. The maximum atomic E-state index is 14.8. The zero-order chi connectivity index (χ0) is 15.8. The molecule has 4 saturated carbocycles. The van der Waals surface area contributed by atoms with Crippen LogP contribution >= 0.6 is 0 Å². The molecule has 1 nitrogen and oxygen atoms in total. The summed E-state index contributed by atoms with van der Waals surface area (Å²) in [7, 11) is 0. The fourth-order valence-electron chi connectivity index (χ4n) is 7.70. The first-order valence-corrected chi connectivity index (χ1v) is 9.63. The third-order valence-electron chi connectivity index (χ3n) is 8.65. The fourth-order valence-corrected chi connectivity index (χ4v) is 7.70. The number of halogens is 1. The van der Waals surface area contributed by atoms with Gasteiger partial charge in [0.25, 0.3) is 0 Å². The van der Waals surface area contributed by atoms with Crippen LogP contribution in [0.15, 0.2) is 0 Å². The van der Waals surface area contributed by atoms with Gasteiger partial charge in [0.15, 0.2) is 0 Å². The van der Waals surface area contributed by atoms with Crippen LogP contribution in [0.25, 0.3) is 0 Å². The van der Waals surface area contributed by atoms with E-state index in [2.05, 4.69) is 13.8 Å². The molecule has 4 fully saturated rings. The smallest absolute Gasteiger partial charge is 0.109 e. The topological polar surface area (TPSA) is 20.2 Å². The molecule has 22 heavy (non-hydrogen) atoms. The average Bonchev–Trinajstić information content (AvgIpc) is 2.69. The molecule has 0 aromatic carbocycles. The zero-order valence-corrected chi connectivity index (χ0v) is 14.6. The normalized spacial score (nSPS) is 61.2. The van der Waals surface area contributed by atoms with Crippen LogP contribution in [0.2, 0.25) is 0 Å². The van der Waals surface area contributed by atoms with Gasteiger partial charge in [-0.25, -0.2) is 4.39 Å². The van der Waals surface area contributed by atoms with Crippen molar-refractivity contribution in [1.29, 1.82) is 0 Å². The minimum Gasteiger partial charge on any atom is -0.393 e. The summed E-state index contributed by atoms with van der Waals surface area (Å²) in [4.78, 5) is 0. The molecule has 0 radical (unpaired) electrons. The van der Waals surface area contributed by atoms with Gasteiger partial charge in [-0.15, -0.1) is 0 Å². The van der Waals surface area contributed by atoms with E-state index in [0.717, 1.165) is 19.3 Å². The number of rotatable bonds is 0. The van der Waals surface area contributed by atoms with Crippen molar-refractivity contribution in [3.63, 3.8) is 0 Å². The highest BCUT2D eigenvalue weighted by atomic mass is 19.1. The van der Waals surface area contributed by atoms with Crippen LogP contribution in [0, 0.1) is 34.5 Å². The van der Waals surface area contributed by atoms with Crippen LogP contribution in [0.1, 0.15) is 78.6 Å². The number of aliphatic hydroxyl groups excluding tert-OH is 1. The molecule has 0 aromatic rings. The Hall–Kier alpha value is -0.110. The highest BCUT2D eigenvalue weighted by molar-refractivity contribution is 5.11. The molecule has 3 unspecified atom stereocenters. The molecule has 4 aliphatic rings. The Labute approximate surface area is 135 Å². The lowest BCUT2D eigenvalue weighted by atomic mass is 9.45. The third-order valence-corrected chi connectivity index (χ3v) is 8.65. The summed E-state index contributed by atoms with van der Waals surface area (Å²) in [5.74, 6) is 2.55. The molecule has 4 rings (SSSR count). The van der Waals surface area contributed by atoms with Crippen molar-refractivity contribution in [3.8, 4) is 0 Å². The first-order chi connectivity index (χ1) is 10.3. The number of hydrogen-bond donors (Lipinski definition) is 1. The van der Waals surface area contributed by atoms with Gasteiger partial charge in [0.2, 0.25) is 0 Å². The molecule has 0 amide bonds. The van der Waals surface area contributed by atoms with Crippen LogP contribution in [0.3, 0.4) is 0 Å². The Bertz CT molecular complexity index is 461. The quantitative estimate of drug-likeness (QED) is 0.658. The lowest BCUT2D eigenvalue weighted by Gasteiger charge is -2.61. The van der Waals surface area contributed by atoms with Gasteiger partial charge in [-0.05, 0) is 92.8 Å². The van der Waals surface area contributed by atoms with Crippen LogP contribution < -0.4 is 0 Å². The van der Waals surface area contributed by atoms with Crippen molar-refractivity contribution < 1.29 is 9.50 Å². The van der Waals surface area contributed by atoms with Crippen LogP contribution in [-0.2, 0) is 0 Å². The van der Waals surface area contributed by atoms with Crippen LogP contribution in [-0.4, -0.2) is 16.9 Å². The Balaban J connectivity index is 1.67. The van der Waals surface area contributed by atoms with Crippen LogP contribution in [0.4, 0.5) is 4.39 Å². The number of alkyl halides is 1. The SMILES string of the molecule is CC1(F)C[C@H]2[C@@H]3CCC4CCCC(O)[C@]4(C)[C@@H]3CC[C@]2(C)C1. The van der Waals surface area contributed by atoms with Gasteiger partial charge >= 0.3 is 0 Å². The van der Waals surface area contributed by atoms with Gasteiger partial charge in [0, 0.05) is 0 Å². The summed E-state index contributed by atoms with van der Waals surface area (Å²) in [6, 6.07) is 0. The molecule has 0 heterocycles. The van der Waals surface area contributed by atoms with Crippen molar-refractivity contribution in [2.75, 3.05) is 0 Å². The standard InChI is InChI=1S/C20H33FO/c1-18-10-9-15-14(16(18)11-19(2,21)12-18)8-7-13-5-4-6-17(22)20(13,15)3/h13-17,22H,4-12H2,1-3H3/t13?,14-,15-,16+,17?,18-,19?,20+/m1/s1. The number of aliphatic hydroxyl groups is 1. The van der Waals surface area contributed by atoms with E-state index in [9.17, 15) is 9.50 Å². The molecular weight excluding hydrogens is 275 g/mol. The van der Waals surface area contributed by atoms with Gasteiger partial charge in [0.1, 0.15) is 5.67 Å². The summed E-state index contributed by atoms with van der Waals surface area (Å²) in [6.45, 7) is 6.56. The molecule has 0 aliphatic heterocycles. The van der Waals surface area contributed by atoms with Crippen molar-refractivity contribution >= 4 is 0 Å². The first-order valence-electron chi connectivity index (χ1n) is 9.63. The summed E-state index contributed by atoms with van der Waals surface area (Å²) >= 11 is 0. The predicted octanol–water partition coefficient (Wildman–Crippen LogP) is 5.12. The summed E-state index contributed by atoms with van der Waals surface area (Å²) in [6.07, 6.45) is 9.84. The Kier molecular flexibility index (Phi) is 3.30. The lowest BCUT2D eigenvalue weighted by Crippen LogP contribution is -2.57. The molecular formula is C20H33FO. The van der Waals surface area contributed by atoms with E-state index < -0.39 is 5.67 Å². The second-order valence-corrected chi connectivity index (χ2v) is 9.95. The molecule has 126 valence electrons. The van der Waals surface area contributed by atoms with E-state index in [1.54, 1.807) is 0 Å². The van der Waals surface area contributed by atoms with Gasteiger partial charge in [0.05, 0.1) is 6.10 Å². The molecule has 0 saturated heterocycles. The highest BCUT2D eigenvalue weighted by Gasteiger charge is 2.62. The monoisotopic (exact) mass is 308 g/mol. The maximum Gasteiger partial charge on any atom is 0.109 e. The average molecular weight is 308 g/mol. The van der Waals surface area contributed by atoms with Gasteiger partial charge in [-0.1, -0.05) is 20.3 Å². The first kappa shape index (κ1) is 15.4. The molecule has 0 spiro atoms. The minimum atomic E-state index is -0.961. The number of fused-ring (bicyclic) bond motifs is 5. The van der Waals surface area contributed by atoms with Gasteiger partial charge < -0.3 is 5.11 Å². The van der Waals surface area contributed by atoms with Gasteiger partial charge in [-0.2, -0.15) is 0 Å². The van der Waals surface area contributed by atoms with E-state index >= 15 is 0 Å². The molecule has 8 atom stereocenters. The molecule has 1 N–H and O–H groups in total. The summed E-state index contributed by atoms with van der Waals surface area (Å²) in [5.41, 5.74) is -0.636. The van der Waals surface area contributed by atoms with Crippen LogP contribution in [0.5, 0.6) is 0 Å². The third kappa shape index (κ3) is 1.98. The summed E-state index contributed by atoms with van der Waals surface area (Å²) < 4.78 is 14.8. The molecule has 0 aromatic heterocycles. The lowest BCUT2D eigenvalue weighted by molar-refractivity contribution is -0.159. The van der Waals surface area contributed by atoms with Gasteiger partial charge in [-0.3, -0.25) is 0 Å². The van der Waals surface area contributed by atoms with Crippen molar-refractivity contribution in [2.45, 2.75) is 90.3 Å². The zero-order valence-electron chi connectivity index (χ0n) is 14.6. The van der Waals surface area contributed by atoms with E-state index in [-0.39, 0.29) is 16.9 Å².